The molecule has 6 heteroatoms. The van der Waals surface area contributed by atoms with Gasteiger partial charge in [0.2, 0.25) is 0 Å². The zero-order chi connectivity index (χ0) is 14.9. The molecule has 110 valence electrons. The number of aromatic nitrogens is 3. The van der Waals surface area contributed by atoms with Crippen molar-refractivity contribution in [2.75, 3.05) is 0 Å². The third-order valence-corrected chi connectivity index (χ3v) is 5.07. The fourth-order valence-corrected chi connectivity index (χ4v) is 3.87. The van der Waals surface area contributed by atoms with Crippen LogP contribution in [-0.4, -0.2) is 15.0 Å². The number of hydrogen-bond donors (Lipinski definition) is 1. The van der Waals surface area contributed by atoms with E-state index in [-0.39, 0.29) is 0 Å². The summed E-state index contributed by atoms with van der Waals surface area (Å²) in [7, 11) is 0. The van der Waals surface area contributed by atoms with Gasteiger partial charge in [-0.25, -0.2) is 9.97 Å². The van der Waals surface area contributed by atoms with E-state index in [1.54, 1.807) is 29.4 Å². The van der Waals surface area contributed by atoms with E-state index in [4.69, 9.17) is 4.42 Å². The van der Waals surface area contributed by atoms with Crippen LogP contribution in [0.2, 0.25) is 0 Å². The number of furan rings is 1. The van der Waals surface area contributed by atoms with Gasteiger partial charge >= 0.3 is 0 Å². The van der Waals surface area contributed by atoms with E-state index in [9.17, 15) is 0 Å². The minimum atomic E-state index is 0.788. The van der Waals surface area contributed by atoms with Gasteiger partial charge in [-0.3, -0.25) is 0 Å². The summed E-state index contributed by atoms with van der Waals surface area (Å²) in [5.74, 6) is 1.61. The molecule has 0 saturated carbocycles. The Kier molecular flexibility index (Phi) is 3.48. The molecule has 0 aliphatic rings. The van der Waals surface area contributed by atoms with Crippen molar-refractivity contribution in [3.8, 4) is 10.8 Å². The lowest BCUT2D eigenvalue weighted by molar-refractivity contribution is 0.581. The SMILES string of the molecule is Cc1ccc2nc(SCc3csc(-c4ccco4)n3)[nH]c2c1. The van der Waals surface area contributed by atoms with Crippen LogP contribution in [0.3, 0.4) is 0 Å². The van der Waals surface area contributed by atoms with Crippen molar-refractivity contribution in [2.24, 2.45) is 0 Å². The molecule has 0 radical (unpaired) electrons. The van der Waals surface area contributed by atoms with Crippen molar-refractivity contribution >= 4 is 34.1 Å². The molecule has 22 heavy (non-hydrogen) atoms. The summed E-state index contributed by atoms with van der Waals surface area (Å²) in [5.41, 5.74) is 4.35. The van der Waals surface area contributed by atoms with Crippen LogP contribution in [0.15, 0.2) is 51.5 Å². The van der Waals surface area contributed by atoms with Gasteiger partial charge in [0.05, 0.1) is 23.0 Å². The van der Waals surface area contributed by atoms with Gasteiger partial charge in [-0.2, -0.15) is 0 Å². The summed E-state index contributed by atoms with van der Waals surface area (Å²) in [5, 5.41) is 3.91. The first-order valence-electron chi connectivity index (χ1n) is 6.85. The van der Waals surface area contributed by atoms with E-state index in [0.717, 1.165) is 38.4 Å². The van der Waals surface area contributed by atoms with Gasteiger partial charge in [-0.05, 0) is 36.8 Å². The molecule has 0 aliphatic heterocycles. The maximum absolute atomic E-state index is 5.37. The number of aryl methyl sites for hydroxylation is 1. The third kappa shape index (κ3) is 2.67. The minimum Gasteiger partial charge on any atom is -0.462 e. The van der Waals surface area contributed by atoms with Gasteiger partial charge in [-0.15, -0.1) is 11.3 Å². The number of thiazole rings is 1. The molecular formula is C16H13N3OS2. The summed E-state index contributed by atoms with van der Waals surface area (Å²) in [6.07, 6.45) is 1.67. The molecule has 3 heterocycles. The second kappa shape index (κ2) is 5.62. The lowest BCUT2D eigenvalue weighted by Gasteiger charge is -1.93. The predicted octanol–water partition coefficient (Wildman–Crippen LogP) is 4.88. The van der Waals surface area contributed by atoms with Gasteiger partial charge < -0.3 is 9.40 Å². The van der Waals surface area contributed by atoms with E-state index < -0.39 is 0 Å². The summed E-state index contributed by atoms with van der Waals surface area (Å²) in [4.78, 5) is 12.5. The molecule has 0 aliphatic carbocycles. The maximum atomic E-state index is 5.37. The highest BCUT2D eigenvalue weighted by atomic mass is 32.2. The fourth-order valence-electron chi connectivity index (χ4n) is 2.20. The standard InChI is InChI=1S/C16H13N3OS2/c1-10-4-5-12-13(7-10)19-16(18-12)22-9-11-8-21-15(17-11)14-3-2-6-20-14/h2-8H,9H2,1H3,(H,18,19). The number of nitrogens with one attached hydrogen (secondary N) is 1. The lowest BCUT2D eigenvalue weighted by atomic mass is 10.2. The summed E-state index contributed by atoms with van der Waals surface area (Å²) in [6.45, 7) is 2.08. The molecule has 0 spiro atoms. The zero-order valence-corrected chi connectivity index (χ0v) is 13.5. The van der Waals surface area contributed by atoms with Crippen LogP contribution >= 0.6 is 23.1 Å². The summed E-state index contributed by atoms with van der Waals surface area (Å²) >= 11 is 3.26. The van der Waals surface area contributed by atoms with Gasteiger partial charge in [0.25, 0.3) is 0 Å². The van der Waals surface area contributed by atoms with Crippen molar-refractivity contribution < 1.29 is 4.42 Å². The average Bonchev–Trinajstić information content (AvgIpc) is 3.24. The molecule has 0 bridgehead atoms. The van der Waals surface area contributed by atoms with E-state index in [1.165, 1.54) is 5.56 Å². The quantitative estimate of drug-likeness (QED) is 0.543. The average molecular weight is 327 g/mol. The first kappa shape index (κ1) is 13.6. The zero-order valence-electron chi connectivity index (χ0n) is 11.9. The van der Waals surface area contributed by atoms with Gasteiger partial charge in [0, 0.05) is 11.1 Å². The molecule has 1 N–H and O–H groups in total. The topological polar surface area (TPSA) is 54.7 Å². The second-order valence-corrected chi connectivity index (χ2v) is 6.79. The van der Waals surface area contributed by atoms with Gasteiger partial charge in [0.15, 0.2) is 15.9 Å². The van der Waals surface area contributed by atoms with E-state index in [2.05, 4.69) is 39.4 Å². The highest BCUT2D eigenvalue weighted by molar-refractivity contribution is 7.98. The molecule has 4 nitrogen and oxygen atoms in total. The molecule has 0 saturated heterocycles. The van der Waals surface area contributed by atoms with Crippen molar-refractivity contribution in [3.05, 3.63) is 53.2 Å². The number of imidazole rings is 1. The van der Waals surface area contributed by atoms with E-state index >= 15 is 0 Å². The first-order chi connectivity index (χ1) is 10.8. The number of rotatable bonds is 4. The largest absolute Gasteiger partial charge is 0.462 e. The molecule has 0 amide bonds. The summed E-state index contributed by atoms with van der Waals surface area (Å²) in [6, 6.07) is 10.0. The van der Waals surface area contributed by atoms with Crippen LogP contribution in [-0.2, 0) is 5.75 Å². The Morgan fingerprint density at radius 1 is 1.27 bits per heavy atom. The Balaban J connectivity index is 1.49. The van der Waals surface area contributed by atoms with Crippen LogP contribution in [0.4, 0.5) is 0 Å². The lowest BCUT2D eigenvalue weighted by Crippen LogP contribution is -1.82. The van der Waals surface area contributed by atoms with Crippen LogP contribution in [0, 0.1) is 6.92 Å². The molecule has 4 rings (SSSR count). The monoisotopic (exact) mass is 327 g/mol. The number of fused-ring (bicyclic) bond motifs is 1. The molecule has 0 unspecified atom stereocenters. The number of benzene rings is 1. The highest BCUT2D eigenvalue weighted by Crippen LogP contribution is 2.28. The fraction of sp³-hybridized carbons (Fsp3) is 0.125. The van der Waals surface area contributed by atoms with Crippen LogP contribution < -0.4 is 0 Å². The molecular weight excluding hydrogens is 314 g/mol. The van der Waals surface area contributed by atoms with Gasteiger partial charge in [0.1, 0.15) is 0 Å². The van der Waals surface area contributed by atoms with Gasteiger partial charge in [-0.1, -0.05) is 17.8 Å². The Labute approximate surface area is 135 Å². The summed E-state index contributed by atoms with van der Waals surface area (Å²) < 4.78 is 5.37. The Morgan fingerprint density at radius 2 is 2.23 bits per heavy atom. The number of aromatic amines is 1. The molecule has 3 aromatic heterocycles. The minimum absolute atomic E-state index is 0.788. The smallest absolute Gasteiger partial charge is 0.166 e. The van der Waals surface area contributed by atoms with E-state index in [1.807, 2.05) is 18.2 Å². The highest BCUT2D eigenvalue weighted by Gasteiger charge is 2.09. The van der Waals surface area contributed by atoms with Crippen LogP contribution in [0.1, 0.15) is 11.3 Å². The third-order valence-electron chi connectivity index (χ3n) is 3.26. The molecule has 0 atom stereocenters. The maximum Gasteiger partial charge on any atom is 0.166 e. The van der Waals surface area contributed by atoms with Crippen LogP contribution in [0.5, 0.6) is 0 Å². The Morgan fingerprint density at radius 3 is 3.09 bits per heavy atom. The number of thioether (sulfide) groups is 1. The Bertz CT molecular complexity index is 909. The molecule has 0 fully saturated rings. The Hall–Kier alpha value is -2.05. The number of nitrogens with zero attached hydrogens (tertiary/aromatic N) is 2. The second-order valence-electron chi connectivity index (χ2n) is 4.97. The molecule has 1 aromatic carbocycles. The number of H-pyrrole nitrogens is 1. The number of hydrogen-bond acceptors (Lipinski definition) is 5. The van der Waals surface area contributed by atoms with Crippen molar-refractivity contribution in [1.29, 1.82) is 0 Å². The van der Waals surface area contributed by atoms with Crippen molar-refractivity contribution in [1.82, 2.24) is 15.0 Å². The predicted molar refractivity (Wildman–Crippen MR) is 90.2 cm³/mol. The first-order valence-corrected chi connectivity index (χ1v) is 8.72. The van der Waals surface area contributed by atoms with Crippen LogP contribution in [0.25, 0.3) is 21.8 Å². The van der Waals surface area contributed by atoms with Crippen molar-refractivity contribution in [3.63, 3.8) is 0 Å². The van der Waals surface area contributed by atoms with Crippen molar-refractivity contribution in [2.45, 2.75) is 17.8 Å². The normalized spacial score (nSPS) is 11.3. The molecule has 4 aromatic rings. The van der Waals surface area contributed by atoms with E-state index in [0.29, 0.717) is 0 Å².